The predicted octanol–water partition coefficient (Wildman–Crippen LogP) is 5.04. The van der Waals surface area contributed by atoms with Crippen LogP contribution >= 0.6 is 11.8 Å². The van der Waals surface area contributed by atoms with Gasteiger partial charge in [0.25, 0.3) is 0 Å². The molecule has 3 heteroatoms. The van der Waals surface area contributed by atoms with E-state index in [1.807, 2.05) is 11.8 Å². The maximum Gasteiger partial charge on any atom is 0.0623 e. The minimum Gasteiger partial charge on any atom is -0.379 e. The molecule has 120 valence electrons. The number of hydrogen-bond acceptors (Lipinski definition) is 3. The fourth-order valence-electron chi connectivity index (χ4n) is 2.26. The third-order valence-corrected chi connectivity index (χ3v) is 4.72. The van der Waals surface area contributed by atoms with Gasteiger partial charge in [0.05, 0.1) is 5.60 Å². The van der Waals surface area contributed by atoms with E-state index < -0.39 is 0 Å². The summed E-state index contributed by atoms with van der Waals surface area (Å²) >= 11 is 1.89. The average molecular weight is 310 g/mol. The van der Waals surface area contributed by atoms with Gasteiger partial charge < -0.3 is 10.1 Å². The van der Waals surface area contributed by atoms with E-state index in [4.69, 9.17) is 4.74 Å². The number of ether oxygens (including phenoxy) is 1. The topological polar surface area (TPSA) is 21.3 Å². The van der Waals surface area contributed by atoms with Crippen molar-refractivity contribution in [2.24, 2.45) is 0 Å². The summed E-state index contributed by atoms with van der Waals surface area (Å²) < 4.78 is 5.55. The molecule has 1 unspecified atom stereocenters. The van der Waals surface area contributed by atoms with Crippen LogP contribution in [0.3, 0.4) is 0 Å². The van der Waals surface area contributed by atoms with Crippen LogP contribution in [0.5, 0.6) is 0 Å². The standard InChI is InChI=1S/C18H31NOS/c1-6-14-19-17(12-13-18(3,4)20-5)15-8-10-16(11-9-15)21-7-2/h8-11,17,19H,6-7,12-14H2,1-5H3. The molecule has 1 atom stereocenters. The summed E-state index contributed by atoms with van der Waals surface area (Å²) in [5.74, 6) is 1.12. The molecule has 1 rings (SSSR count). The Bertz CT molecular complexity index is 389. The summed E-state index contributed by atoms with van der Waals surface area (Å²) in [6.07, 6.45) is 3.31. The molecular weight excluding hydrogens is 278 g/mol. The van der Waals surface area contributed by atoms with Crippen molar-refractivity contribution < 1.29 is 4.74 Å². The molecule has 1 aromatic carbocycles. The van der Waals surface area contributed by atoms with E-state index in [1.54, 1.807) is 7.11 Å². The molecule has 0 aromatic heterocycles. The summed E-state index contributed by atoms with van der Waals surface area (Å²) in [6.45, 7) is 9.78. The fourth-order valence-corrected chi connectivity index (χ4v) is 2.92. The van der Waals surface area contributed by atoms with Crippen molar-refractivity contribution in [3.8, 4) is 0 Å². The number of methoxy groups -OCH3 is 1. The van der Waals surface area contributed by atoms with Gasteiger partial charge in [-0.1, -0.05) is 26.0 Å². The minimum atomic E-state index is -0.0514. The first kappa shape index (κ1) is 18.5. The lowest BCUT2D eigenvalue weighted by Crippen LogP contribution is -2.27. The molecule has 0 heterocycles. The van der Waals surface area contributed by atoms with E-state index in [-0.39, 0.29) is 5.60 Å². The normalized spacial score (nSPS) is 13.4. The highest BCUT2D eigenvalue weighted by Crippen LogP contribution is 2.26. The Kier molecular flexibility index (Phi) is 8.38. The zero-order valence-electron chi connectivity index (χ0n) is 14.2. The molecular formula is C18H31NOS. The lowest BCUT2D eigenvalue weighted by molar-refractivity contribution is 0.0117. The first-order valence-corrected chi connectivity index (χ1v) is 9.02. The van der Waals surface area contributed by atoms with E-state index >= 15 is 0 Å². The van der Waals surface area contributed by atoms with Gasteiger partial charge in [0.1, 0.15) is 0 Å². The molecule has 0 aliphatic rings. The summed E-state index contributed by atoms with van der Waals surface area (Å²) in [6, 6.07) is 9.44. The second-order valence-electron chi connectivity index (χ2n) is 6.01. The van der Waals surface area contributed by atoms with Crippen LogP contribution in [0, 0.1) is 0 Å². The molecule has 21 heavy (non-hydrogen) atoms. The predicted molar refractivity (Wildman–Crippen MR) is 94.2 cm³/mol. The van der Waals surface area contributed by atoms with Crippen LogP contribution in [0.15, 0.2) is 29.2 Å². The lowest BCUT2D eigenvalue weighted by Gasteiger charge is -2.27. The number of rotatable bonds is 10. The van der Waals surface area contributed by atoms with Gasteiger partial charge in [-0.25, -0.2) is 0 Å². The molecule has 1 aromatic rings. The van der Waals surface area contributed by atoms with Gasteiger partial charge in [-0.3, -0.25) is 0 Å². The molecule has 0 saturated carbocycles. The number of hydrogen-bond donors (Lipinski definition) is 1. The van der Waals surface area contributed by atoms with Gasteiger partial charge in [-0.2, -0.15) is 0 Å². The van der Waals surface area contributed by atoms with Crippen LogP contribution in [0.2, 0.25) is 0 Å². The highest BCUT2D eigenvalue weighted by atomic mass is 32.2. The van der Waals surface area contributed by atoms with E-state index in [9.17, 15) is 0 Å². The Balaban J connectivity index is 2.71. The van der Waals surface area contributed by atoms with Crippen molar-refractivity contribution in [3.05, 3.63) is 29.8 Å². The van der Waals surface area contributed by atoms with Crippen LogP contribution < -0.4 is 5.32 Å². The summed E-state index contributed by atoms with van der Waals surface area (Å²) in [4.78, 5) is 1.35. The van der Waals surface area contributed by atoms with Crippen LogP contribution in [0.4, 0.5) is 0 Å². The van der Waals surface area contributed by atoms with Gasteiger partial charge in [0, 0.05) is 18.0 Å². The highest BCUT2D eigenvalue weighted by Gasteiger charge is 2.20. The molecule has 0 radical (unpaired) electrons. The Hall–Kier alpha value is -0.510. The van der Waals surface area contributed by atoms with Gasteiger partial charge in [0.2, 0.25) is 0 Å². The summed E-state index contributed by atoms with van der Waals surface area (Å²) in [5, 5.41) is 3.67. The maximum absolute atomic E-state index is 5.55. The van der Waals surface area contributed by atoms with Gasteiger partial charge in [-0.15, -0.1) is 11.8 Å². The SMILES string of the molecule is CCCNC(CCC(C)(C)OC)c1ccc(SCC)cc1. The second-order valence-corrected chi connectivity index (χ2v) is 7.35. The molecule has 0 saturated heterocycles. The Labute approximate surface area is 135 Å². The Morgan fingerprint density at radius 1 is 1.19 bits per heavy atom. The smallest absolute Gasteiger partial charge is 0.0623 e. The number of thioether (sulfide) groups is 1. The van der Waals surface area contributed by atoms with Crippen LogP contribution in [-0.4, -0.2) is 25.0 Å². The highest BCUT2D eigenvalue weighted by molar-refractivity contribution is 7.99. The Morgan fingerprint density at radius 3 is 2.38 bits per heavy atom. The number of benzene rings is 1. The van der Waals surface area contributed by atoms with Gasteiger partial charge in [-0.05, 0) is 63.1 Å². The molecule has 1 N–H and O–H groups in total. The first-order chi connectivity index (χ1) is 10.0. The van der Waals surface area contributed by atoms with Crippen molar-refractivity contribution >= 4 is 11.8 Å². The monoisotopic (exact) mass is 309 g/mol. The fraction of sp³-hybridized carbons (Fsp3) is 0.667. The third kappa shape index (κ3) is 6.86. The van der Waals surface area contributed by atoms with Gasteiger partial charge in [0.15, 0.2) is 0 Å². The van der Waals surface area contributed by atoms with Crippen LogP contribution in [0.25, 0.3) is 0 Å². The minimum absolute atomic E-state index is 0.0514. The Morgan fingerprint density at radius 2 is 1.86 bits per heavy atom. The maximum atomic E-state index is 5.55. The second kappa shape index (κ2) is 9.50. The van der Waals surface area contributed by atoms with Crippen molar-refractivity contribution in [3.63, 3.8) is 0 Å². The molecule has 0 aliphatic carbocycles. The van der Waals surface area contributed by atoms with Crippen molar-refractivity contribution in [2.45, 2.75) is 63.5 Å². The van der Waals surface area contributed by atoms with E-state index in [2.05, 4.69) is 57.3 Å². The molecule has 0 amide bonds. The summed E-state index contributed by atoms with van der Waals surface area (Å²) in [7, 11) is 1.80. The molecule has 0 aliphatic heterocycles. The quantitative estimate of drug-likeness (QED) is 0.611. The molecule has 0 spiro atoms. The zero-order valence-corrected chi connectivity index (χ0v) is 15.1. The van der Waals surface area contributed by atoms with E-state index in [0.29, 0.717) is 6.04 Å². The van der Waals surface area contributed by atoms with E-state index in [1.165, 1.54) is 10.5 Å². The molecule has 0 fully saturated rings. The molecule has 2 nitrogen and oxygen atoms in total. The number of nitrogens with one attached hydrogen (secondary N) is 1. The van der Waals surface area contributed by atoms with Crippen molar-refractivity contribution in [1.82, 2.24) is 5.32 Å². The largest absolute Gasteiger partial charge is 0.379 e. The van der Waals surface area contributed by atoms with E-state index in [0.717, 1.165) is 31.6 Å². The third-order valence-electron chi connectivity index (χ3n) is 3.82. The van der Waals surface area contributed by atoms with Crippen LogP contribution in [-0.2, 0) is 4.74 Å². The van der Waals surface area contributed by atoms with Crippen molar-refractivity contribution in [2.75, 3.05) is 19.4 Å². The average Bonchev–Trinajstić information content (AvgIpc) is 2.49. The molecule has 0 bridgehead atoms. The summed E-state index contributed by atoms with van der Waals surface area (Å²) in [5.41, 5.74) is 1.33. The zero-order chi connectivity index (χ0) is 15.7. The van der Waals surface area contributed by atoms with Crippen molar-refractivity contribution in [1.29, 1.82) is 0 Å². The lowest BCUT2D eigenvalue weighted by atomic mass is 9.95. The van der Waals surface area contributed by atoms with Gasteiger partial charge >= 0.3 is 0 Å². The first-order valence-electron chi connectivity index (χ1n) is 8.03. The van der Waals surface area contributed by atoms with Crippen LogP contribution in [0.1, 0.15) is 58.6 Å².